The molecule has 0 saturated carbocycles. The Kier molecular flexibility index (Phi) is 4.77. The van der Waals surface area contributed by atoms with Crippen molar-refractivity contribution in [2.75, 3.05) is 10.0 Å². The van der Waals surface area contributed by atoms with Crippen molar-refractivity contribution in [1.82, 2.24) is 0 Å². The van der Waals surface area contributed by atoms with E-state index in [9.17, 15) is 13.2 Å². The molecule has 0 saturated heterocycles. The van der Waals surface area contributed by atoms with E-state index < -0.39 is 10.0 Å². The van der Waals surface area contributed by atoms with Gasteiger partial charge in [-0.2, -0.15) is 13.1 Å². The Morgan fingerprint density at radius 1 is 1.09 bits per heavy atom. The largest absolute Gasteiger partial charge is 0.328 e. The first-order chi connectivity index (χ1) is 10.4. The zero-order chi connectivity index (χ0) is 16.2. The fraction of sp³-hybridized carbons (Fsp3) is 0.200. The zero-order valence-electron chi connectivity index (χ0n) is 12.3. The first-order valence-electron chi connectivity index (χ1n) is 6.79. The Hall–Kier alpha value is -2.41. The van der Waals surface area contributed by atoms with Crippen LogP contribution in [-0.4, -0.2) is 14.3 Å². The molecule has 1 heterocycles. The molecule has 116 valence electrons. The van der Waals surface area contributed by atoms with E-state index >= 15 is 0 Å². The third kappa shape index (κ3) is 4.05. The van der Waals surface area contributed by atoms with Gasteiger partial charge in [0.05, 0.1) is 6.20 Å². The van der Waals surface area contributed by atoms with E-state index in [1.54, 1.807) is 50.4 Å². The monoisotopic (exact) mass is 320 g/mol. The highest BCUT2D eigenvalue weighted by atomic mass is 32.2. The lowest BCUT2D eigenvalue weighted by atomic mass is 10.2. The number of amides is 1. The van der Waals surface area contributed by atoms with Crippen molar-refractivity contribution < 1.29 is 18.2 Å². The van der Waals surface area contributed by atoms with Crippen molar-refractivity contribution in [2.45, 2.75) is 18.7 Å². The summed E-state index contributed by atoms with van der Waals surface area (Å²) in [5.74, 6) is 0.117. The van der Waals surface area contributed by atoms with Gasteiger partial charge < -0.3 is 5.32 Å². The molecular formula is C15H18N3O3S+. The molecule has 22 heavy (non-hydrogen) atoms. The van der Waals surface area contributed by atoms with E-state index in [1.807, 2.05) is 0 Å². The molecule has 0 aliphatic heterocycles. The lowest BCUT2D eigenvalue weighted by Gasteiger charge is -2.08. The minimum absolute atomic E-state index is 0.118. The SMILES string of the molecule is CC(C)C(=O)Nc1ccc(S(=O)(=O)Nc2cccc[nH+]2)cc1. The fourth-order valence-electron chi connectivity index (χ4n) is 1.66. The second-order valence-corrected chi connectivity index (χ2v) is 6.73. The molecular weight excluding hydrogens is 302 g/mol. The molecule has 0 fully saturated rings. The Morgan fingerprint density at radius 2 is 1.77 bits per heavy atom. The molecule has 1 aromatic heterocycles. The Balaban J connectivity index is 2.14. The standard InChI is InChI=1S/C15H17N3O3S/c1-11(2)15(19)17-12-6-8-13(9-7-12)22(20,21)18-14-5-3-4-10-16-14/h3-11H,1-2H3,(H,16,18)(H,17,19)/p+1. The number of nitrogens with one attached hydrogen (secondary N) is 3. The van der Waals surface area contributed by atoms with Crippen LogP contribution in [0.1, 0.15) is 13.8 Å². The molecule has 0 bridgehead atoms. The summed E-state index contributed by atoms with van der Waals surface area (Å²) in [5.41, 5.74) is 0.559. The summed E-state index contributed by atoms with van der Waals surface area (Å²) in [4.78, 5) is 14.5. The molecule has 2 aromatic rings. The summed E-state index contributed by atoms with van der Waals surface area (Å²) < 4.78 is 26.9. The predicted molar refractivity (Wildman–Crippen MR) is 83.7 cm³/mol. The van der Waals surface area contributed by atoms with Crippen molar-refractivity contribution in [3.8, 4) is 0 Å². The topological polar surface area (TPSA) is 89.4 Å². The molecule has 7 heteroatoms. The Bertz CT molecular complexity index is 741. The van der Waals surface area contributed by atoms with Gasteiger partial charge in [0, 0.05) is 17.7 Å². The maximum Gasteiger partial charge on any atom is 0.328 e. The van der Waals surface area contributed by atoms with Crippen LogP contribution in [0.5, 0.6) is 0 Å². The molecule has 0 aliphatic rings. The van der Waals surface area contributed by atoms with Crippen LogP contribution in [0.25, 0.3) is 0 Å². The van der Waals surface area contributed by atoms with Crippen molar-refractivity contribution in [3.63, 3.8) is 0 Å². The van der Waals surface area contributed by atoms with Gasteiger partial charge in [-0.3, -0.25) is 4.79 Å². The summed E-state index contributed by atoms with van der Waals surface area (Å²) in [6.45, 7) is 3.57. The average Bonchev–Trinajstić information content (AvgIpc) is 2.48. The second-order valence-electron chi connectivity index (χ2n) is 5.05. The van der Waals surface area contributed by atoms with Gasteiger partial charge in [-0.05, 0) is 30.3 Å². The molecule has 1 aromatic carbocycles. The number of pyridine rings is 1. The highest BCUT2D eigenvalue weighted by molar-refractivity contribution is 7.92. The third-order valence-corrected chi connectivity index (χ3v) is 4.29. The lowest BCUT2D eigenvalue weighted by molar-refractivity contribution is -0.360. The average molecular weight is 320 g/mol. The first-order valence-corrected chi connectivity index (χ1v) is 8.27. The van der Waals surface area contributed by atoms with Crippen molar-refractivity contribution in [3.05, 3.63) is 48.7 Å². The number of hydrogen-bond donors (Lipinski definition) is 2. The van der Waals surface area contributed by atoms with E-state index in [2.05, 4.69) is 15.0 Å². The number of carbonyl (C=O) groups excluding carboxylic acids is 1. The van der Waals surface area contributed by atoms with Crippen molar-refractivity contribution >= 4 is 27.4 Å². The summed E-state index contributed by atoms with van der Waals surface area (Å²) in [7, 11) is -3.67. The molecule has 0 spiro atoms. The molecule has 1 amide bonds. The summed E-state index contributed by atoms with van der Waals surface area (Å²) >= 11 is 0. The quantitative estimate of drug-likeness (QED) is 0.881. The smallest absolute Gasteiger partial charge is 0.326 e. The van der Waals surface area contributed by atoms with E-state index in [0.29, 0.717) is 11.5 Å². The molecule has 0 unspecified atom stereocenters. The van der Waals surface area contributed by atoms with Crippen LogP contribution in [0.3, 0.4) is 0 Å². The number of rotatable bonds is 5. The normalized spacial score (nSPS) is 11.2. The maximum atomic E-state index is 12.2. The van der Waals surface area contributed by atoms with Gasteiger partial charge in [0.1, 0.15) is 4.90 Å². The summed E-state index contributed by atoms with van der Waals surface area (Å²) in [6, 6.07) is 11.1. The molecule has 0 radical (unpaired) electrons. The van der Waals surface area contributed by atoms with Gasteiger partial charge in [0.2, 0.25) is 5.91 Å². The number of hydrogen-bond acceptors (Lipinski definition) is 3. The Morgan fingerprint density at radius 3 is 2.32 bits per heavy atom. The predicted octanol–water partition coefficient (Wildman–Crippen LogP) is 1.90. The molecule has 0 aliphatic carbocycles. The number of aromatic nitrogens is 1. The molecule has 6 nitrogen and oxygen atoms in total. The van der Waals surface area contributed by atoms with Crippen molar-refractivity contribution in [2.24, 2.45) is 5.92 Å². The van der Waals surface area contributed by atoms with Crippen LogP contribution >= 0.6 is 0 Å². The van der Waals surface area contributed by atoms with Gasteiger partial charge in [0.15, 0.2) is 0 Å². The summed E-state index contributed by atoms with van der Waals surface area (Å²) in [6.07, 6.45) is 1.63. The first kappa shape index (κ1) is 16.0. The van der Waals surface area contributed by atoms with E-state index in [0.717, 1.165) is 0 Å². The van der Waals surface area contributed by atoms with Crippen LogP contribution in [0.2, 0.25) is 0 Å². The van der Waals surface area contributed by atoms with Crippen LogP contribution in [0, 0.1) is 5.92 Å². The fourth-order valence-corrected chi connectivity index (χ4v) is 2.69. The summed E-state index contributed by atoms with van der Waals surface area (Å²) in [5, 5.41) is 2.71. The Labute approximate surface area is 129 Å². The number of anilines is 2. The molecule has 2 rings (SSSR count). The number of H-pyrrole nitrogens is 1. The number of benzene rings is 1. The van der Waals surface area contributed by atoms with Crippen LogP contribution in [0.15, 0.2) is 53.6 Å². The van der Waals surface area contributed by atoms with Gasteiger partial charge >= 0.3 is 10.0 Å². The number of sulfonamides is 1. The van der Waals surface area contributed by atoms with Crippen LogP contribution in [0.4, 0.5) is 11.5 Å². The minimum atomic E-state index is -3.67. The van der Waals surface area contributed by atoms with Gasteiger partial charge in [-0.1, -0.05) is 19.9 Å². The number of aromatic amines is 1. The molecule has 0 atom stereocenters. The zero-order valence-corrected chi connectivity index (χ0v) is 13.1. The van der Waals surface area contributed by atoms with Crippen LogP contribution in [-0.2, 0) is 14.8 Å². The second kappa shape index (κ2) is 6.57. The highest BCUT2D eigenvalue weighted by Gasteiger charge is 2.20. The number of carbonyl (C=O) groups is 1. The highest BCUT2D eigenvalue weighted by Crippen LogP contribution is 2.16. The van der Waals surface area contributed by atoms with E-state index in [-0.39, 0.29) is 16.7 Å². The third-order valence-electron chi connectivity index (χ3n) is 2.91. The molecule has 3 N–H and O–H groups in total. The minimum Gasteiger partial charge on any atom is -0.326 e. The maximum absolute atomic E-state index is 12.2. The van der Waals surface area contributed by atoms with Crippen molar-refractivity contribution in [1.29, 1.82) is 0 Å². The van der Waals surface area contributed by atoms with Gasteiger partial charge in [0.25, 0.3) is 5.82 Å². The van der Waals surface area contributed by atoms with Crippen LogP contribution < -0.4 is 15.0 Å². The van der Waals surface area contributed by atoms with E-state index in [4.69, 9.17) is 0 Å². The van der Waals surface area contributed by atoms with Gasteiger partial charge in [-0.15, -0.1) is 0 Å². The lowest BCUT2D eigenvalue weighted by Crippen LogP contribution is -2.20. The van der Waals surface area contributed by atoms with Gasteiger partial charge in [-0.25, -0.2) is 4.98 Å². The van der Waals surface area contributed by atoms with E-state index in [1.165, 1.54) is 12.1 Å².